The molecular formula is C25H33Cl2N3O4S. The highest BCUT2D eigenvalue weighted by atomic mass is 35.5. The molecule has 0 bridgehead atoms. The number of sulfonamides is 1. The molecule has 0 aliphatic heterocycles. The summed E-state index contributed by atoms with van der Waals surface area (Å²) in [6.07, 6.45) is 1.13. The Kier molecular flexibility index (Phi) is 11.0. The van der Waals surface area contributed by atoms with Gasteiger partial charge in [-0.05, 0) is 56.5 Å². The minimum Gasteiger partial charge on any atom is -0.352 e. The van der Waals surface area contributed by atoms with Crippen molar-refractivity contribution in [3.63, 3.8) is 0 Å². The third kappa shape index (κ3) is 8.20. The van der Waals surface area contributed by atoms with E-state index in [-0.39, 0.29) is 42.3 Å². The van der Waals surface area contributed by atoms with Gasteiger partial charge in [-0.25, -0.2) is 12.7 Å². The lowest BCUT2D eigenvalue weighted by Gasteiger charge is -2.30. The van der Waals surface area contributed by atoms with E-state index in [9.17, 15) is 18.0 Å². The first-order valence-corrected chi connectivity index (χ1v) is 13.7. The van der Waals surface area contributed by atoms with Crippen molar-refractivity contribution in [3.05, 3.63) is 64.1 Å². The van der Waals surface area contributed by atoms with Crippen molar-refractivity contribution in [3.8, 4) is 0 Å². The average molecular weight is 543 g/mol. The number of amides is 2. The number of rotatable bonds is 12. The van der Waals surface area contributed by atoms with Crippen molar-refractivity contribution in [1.29, 1.82) is 0 Å². The van der Waals surface area contributed by atoms with Crippen LogP contribution in [0.3, 0.4) is 0 Å². The largest absolute Gasteiger partial charge is 0.352 e. The summed E-state index contributed by atoms with van der Waals surface area (Å²) in [4.78, 5) is 27.7. The average Bonchev–Trinajstić information content (AvgIpc) is 2.83. The van der Waals surface area contributed by atoms with Crippen LogP contribution in [0.4, 0.5) is 0 Å². The number of hydrogen-bond donors (Lipinski definition) is 1. The number of hydrogen-bond acceptors (Lipinski definition) is 4. The fourth-order valence-electron chi connectivity index (χ4n) is 3.37. The van der Waals surface area contributed by atoms with Crippen LogP contribution in [0.25, 0.3) is 0 Å². The fourth-order valence-corrected chi connectivity index (χ4v) is 5.07. The summed E-state index contributed by atoms with van der Waals surface area (Å²) in [5.41, 5.74) is 0.663. The monoisotopic (exact) mass is 541 g/mol. The van der Waals surface area contributed by atoms with E-state index in [1.54, 1.807) is 43.3 Å². The van der Waals surface area contributed by atoms with Gasteiger partial charge in [-0.2, -0.15) is 0 Å². The Morgan fingerprint density at radius 2 is 1.71 bits per heavy atom. The highest BCUT2D eigenvalue weighted by molar-refractivity contribution is 7.89. The molecule has 1 N–H and O–H groups in total. The van der Waals surface area contributed by atoms with Crippen LogP contribution in [0, 0.1) is 0 Å². The van der Waals surface area contributed by atoms with Gasteiger partial charge in [0.1, 0.15) is 6.04 Å². The standard InChI is InChI=1S/C25H33Cl2N3O4S/c1-5-18(2)28-25(32)19(3)30(17-20-13-14-21(26)16-23(20)27)24(31)12-9-15-29(4)35(33,34)22-10-7-6-8-11-22/h6-8,10-11,13-14,16,18-19H,5,9,12,15,17H2,1-4H3,(H,28,32). The van der Waals surface area contributed by atoms with Crippen LogP contribution in [0.15, 0.2) is 53.4 Å². The first kappa shape index (κ1) is 29.1. The molecule has 0 heterocycles. The van der Waals surface area contributed by atoms with Crippen LogP contribution >= 0.6 is 23.2 Å². The van der Waals surface area contributed by atoms with E-state index in [4.69, 9.17) is 23.2 Å². The zero-order valence-corrected chi connectivity index (χ0v) is 22.8. The van der Waals surface area contributed by atoms with E-state index in [1.165, 1.54) is 28.4 Å². The molecule has 7 nitrogen and oxygen atoms in total. The molecule has 35 heavy (non-hydrogen) atoms. The Balaban J connectivity index is 2.12. The number of nitrogens with zero attached hydrogens (tertiary/aromatic N) is 2. The Morgan fingerprint density at radius 1 is 1.06 bits per heavy atom. The van der Waals surface area contributed by atoms with Crippen molar-refractivity contribution in [2.75, 3.05) is 13.6 Å². The summed E-state index contributed by atoms with van der Waals surface area (Å²) in [5, 5.41) is 3.79. The van der Waals surface area contributed by atoms with Gasteiger partial charge in [-0.3, -0.25) is 9.59 Å². The molecule has 10 heteroatoms. The Labute approximate surface area is 218 Å². The quantitative estimate of drug-likeness (QED) is 0.420. The number of carbonyl (C=O) groups excluding carboxylic acids is 2. The predicted octanol–water partition coefficient (Wildman–Crippen LogP) is 4.73. The van der Waals surface area contributed by atoms with Crippen LogP contribution in [0.5, 0.6) is 0 Å². The molecule has 0 aliphatic rings. The maximum atomic E-state index is 13.2. The van der Waals surface area contributed by atoms with E-state index in [2.05, 4.69) is 5.32 Å². The van der Waals surface area contributed by atoms with Crippen LogP contribution in [-0.4, -0.2) is 55.1 Å². The zero-order chi connectivity index (χ0) is 26.2. The molecule has 0 radical (unpaired) electrons. The smallest absolute Gasteiger partial charge is 0.242 e. The maximum Gasteiger partial charge on any atom is 0.242 e. The van der Waals surface area contributed by atoms with Gasteiger partial charge in [-0.1, -0.05) is 54.4 Å². The van der Waals surface area contributed by atoms with Gasteiger partial charge < -0.3 is 10.2 Å². The normalized spacial score (nSPS) is 13.3. The summed E-state index contributed by atoms with van der Waals surface area (Å²) in [6, 6.07) is 12.4. The summed E-state index contributed by atoms with van der Waals surface area (Å²) in [6.45, 7) is 5.82. The minimum absolute atomic E-state index is 0.0298. The van der Waals surface area contributed by atoms with Crippen molar-refractivity contribution < 1.29 is 18.0 Å². The van der Waals surface area contributed by atoms with Crippen LogP contribution in [-0.2, 0) is 26.2 Å². The molecule has 0 aliphatic carbocycles. The highest BCUT2D eigenvalue weighted by Gasteiger charge is 2.28. The Morgan fingerprint density at radius 3 is 2.31 bits per heavy atom. The molecule has 0 aromatic heterocycles. The van der Waals surface area contributed by atoms with Gasteiger partial charge in [-0.15, -0.1) is 0 Å². The molecule has 0 spiro atoms. The van der Waals surface area contributed by atoms with Gasteiger partial charge in [0.15, 0.2) is 0 Å². The van der Waals surface area contributed by atoms with Crippen LogP contribution in [0.1, 0.15) is 45.6 Å². The second-order valence-corrected chi connectivity index (χ2v) is 11.4. The summed E-state index contributed by atoms with van der Waals surface area (Å²) >= 11 is 12.3. The lowest BCUT2D eigenvalue weighted by molar-refractivity contribution is -0.141. The fraction of sp³-hybridized carbons (Fsp3) is 0.440. The van der Waals surface area contributed by atoms with Gasteiger partial charge in [0.05, 0.1) is 4.90 Å². The molecule has 0 saturated carbocycles. The van der Waals surface area contributed by atoms with E-state index in [1.807, 2.05) is 13.8 Å². The Hall–Kier alpha value is -2.13. The van der Waals surface area contributed by atoms with Gasteiger partial charge in [0, 0.05) is 42.6 Å². The molecule has 2 aromatic rings. The number of carbonyl (C=O) groups is 2. The second-order valence-electron chi connectivity index (χ2n) is 8.49. The summed E-state index contributed by atoms with van der Waals surface area (Å²) in [5.74, 6) is -0.533. The van der Waals surface area contributed by atoms with E-state index >= 15 is 0 Å². The maximum absolute atomic E-state index is 13.2. The molecule has 2 aromatic carbocycles. The molecule has 2 atom stereocenters. The van der Waals surface area contributed by atoms with Gasteiger partial charge >= 0.3 is 0 Å². The number of benzene rings is 2. The zero-order valence-electron chi connectivity index (χ0n) is 20.5. The molecular weight excluding hydrogens is 509 g/mol. The first-order valence-electron chi connectivity index (χ1n) is 11.5. The molecule has 2 rings (SSSR count). The molecule has 2 amide bonds. The predicted molar refractivity (Wildman–Crippen MR) is 140 cm³/mol. The third-order valence-corrected chi connectivity index (χ3v) is 8.30. The first-order chi connectivity index (χ1) is 16.5. The topological polar surface area (TPSA) is 86.8 Å². The molecule has 2 unspecified atom stereocenters. The van der Waals surface area contributed by atoms with Crippen LogP contribution < -0.4 is 5.32 Å². The van der Waals surface area contributed by atoms with Gasteiger partial charge in [0.2, 0.25) is 21.8 Å². The minimum atomic E-state index is -3.65. The van der Waals surface area contributed by atoms with E-state index in [0.717, 1.165) is 6.42 Å². The number of halogens is 2. The molecule has 192 valence electrons. The highest BCUT2D eigenvalue weighted by Crippen LogP contribution is 2.24. The summed E-state index contributed by atoms with van der Waals surface area (Å²) < 4.78 is 26.7. The molecule has 0 saturated heterocycles. The lowest BCUT2D eigenvalue weighted by atomic mass is 10.1. The number of nitrogens with one attached hydrogen (secondary N) is 1. The summed E-state index contributed by atoms with van der Waals surface area (Å²) in [7, 11) is -2.16. The lowest BCUT2D eigenvalue weighted by Crippen LogP contribution is -2.49. The third-order valence-electron chi connectivity index (χ3n) is 5.84. The van der Waals surface area contributed by atoms with Crippen molar-refractivity contribution in [1.82, 2.24) is 14.5 Å². The van der Waals surface area contributed by atoms with E-state index < -0.39 is 16.1 Å². The van der Waals surface area contributed by atoms with Crippen LogP contribution in [0.2, 0.25) is 10.0 Å². The van der Waals surface area contributed by atoms with E-state index in [0.29, 0.717) is 22.0 Å². The molecule has 0 fully saturated rings. The SMILES string of the molecule is CCC(C)NC(=O)C(C)N(Cc1ccc(Cl)cc1Cl)C(=O)CCCN(C)S(=O)(=O)c1ccccc1. The van der Waals surface area contributed by atoms with Gasteiger partial charge in [0.25, 0.3) is 0 Å². The Bertz CT molecular complexity index is 1110. The van der Waals surface area contributed by atoms with Crippen molar-refractivity contribution in [2.24, 2.45) is 0 Å². The van der Waals surface area contributed by atoms with Crippen molar-refractivity contribution in [2.45, 2.75) is 63.6 Å². The second kappa shape index (κ2) is 13.3. The van der Waals surface area contributed by atoms with Crippen molar-refractivity contribution >= 4 is 45.0 Å².